The molecule has 120 valence electrons. The van der Waals surface area contributed by atoms with Gasteiger partial charge in [0.25, 0.3) is 0 Å². The molecule has 0 bridgehead atoms. The quantitative estimate of drug-likeness (QED) is 0.774. The average Bonchev–Trinajstić information content (AvgIpc) is 3.14. The average molecular weight is 313 g/mol. The Labute approximate surface area is 133 Å². The van der Waals surface area contributed by atoms with Crippen molar-refractivity contribution in [2.45, 2.75) is 18.9 Å². The van der Waals surface area contributed by atoms with E-state index >= 15 is 0 Å². The fourth-order valence-corrected chi connectivity index (χ4v) is 3.32. The van der Waals surface area contributed by atoms with Gasteiger partial charge in [-0.05, 0) is 12.0 Å². The van der Waals surface area contributed by atoms with Crippen LogP contribution in [0.5, 0.6) is 0 Å². The first kappa shape index (κ1) is 14.1. The number of rotatable bonds is 4. The van der Waals surface area contributed by atoms with Crippen molar-refractivity contribution >= 4 is 16.9 Å². The standard InChI is InChI=1S/C15H19N7O/c1-4-10-5-16-12-11(10)13(18-8-17-12)22-6-15(7-22,23-3)14-19-9-20-21(14)2/h5,8-9H,4,6-7H2,1-3H3,(H,16,17,18). The van der Waals surface area contributed by atoms with Crippen molar-refractivity contribution in [1.29, 1.82) is 0 Å². The van der Waals surface area contributed by atoms with Crippen LogP contribution in [0.3, 0.4) is 0 Å². The molecule has 8 heteroatoms. The molecule has 0 aliphatic carbocycles. The molecule has 0 amide bonds. The van der Waals surface area contributed by atoms with Gasteiger partial charge in [0.2, 0.25) is 0 Å². The number of nitrogens with zero attached hydrogens (tertiary/aromatic N) is 6. The molecular weight excluding hydrogens is 294 g/mol. The summed E-state index contributed by atoms with van der Waals surface area (Å²) in [7, 11) is 3.60. The summed E-state index contributed by atoms with van der Waals surface area (Å²) < 4.78 is 7.55. The van der Waals surface area contributed by atoms with Gasteiger partial charge in [0.1, 0.15) is 24.1 Å². The molecule has 0 aromatic carbocycles. The molecule has 0 unspecified atom stereocenters. The Hall–Kier alpha value is -2.48. The van der Waals surface area contributed by atoms with Crippen LogP contribution in [0.15, 0.2) is 18.9 Å². The van der Waals surface area contributed by atoms with Crippen molar-refractivity contribution in [2.75, 3.05) is 25.1 Å². The van der Waals surface area contributed by atoms with Crippen molar-refractivity contribution in [1.82, 2.24) is 29.7 Å². The molecule has 1 aliphatic heterocycles. The third kappa shape index (κ3) is 1.94. The Balaban J connectivity index is 1.70. The number of aromatic amines is 1. The van der Waals surface area contributed by atoms with Gasteiger partial charge in [-0.25, -0.2) is 15.0 Å². The number of ether oxygens (including phenoxy) is 1. The molecule has 1 saturated heterocycles. The van der Waals surface area contributed by atoms with Crippen LogP contribution in [0.2, 0.25) is 0 Å². The van der Waals surface area contributed by atoms with Gasteiger partial charge in [0.15, 0.2) is 11.4 Å². The third-order valence-electron chi connectivity index (χ3n) is 4.61. The van der Waals surface area contributed by atoms with Gasteiger partial charge in [0.05, 0.1) is 18.5 Å². The van der Waals surface area contributed by atoms with Crippen molar-refractivity contribution in [2.24, 2.45) is 7.05 Å². The molecule has 4 rings (SSSR count). The zero-order valence-corrected chi connectivity index (χ0v) is 13.4. The van der Waals surface area contributed by atoms with E-state index in [4.69, 9.17) is 4.74 Å². The van der Waals surface area contributed by atoms with Crippen LogP contribution in [0.4, 0.5) is 5.82 Å². The molecule has 23 heavy (non-hydrogen) atoms. The zero-order chi connectivity index (χ0) is 16.0. The van der Waals surface area contributed by atoms with Gasteiger partial charge in [-0.1, -0.05) is 6.92 Å². The summed E-state index contributed by atoms with van der Waals surface area (Å²) in [5.74, 6) is 1.79. The van der Waals surface area contributed by atoms with E-state index in [-0.39, 0.29) is 0 Å². The predicted octanol–water partition coefficient (Wildman–Crippen LogP) is 1.01. The number of anilines is 1. The summed E-state index contributed by atoms with van der Waals surface area (Å²) in [6.45, 7) is 3.52. The van der Waals surface area contributed by atoms with Crippen LogP contribution in [-0.4, -0.2) is 49.9 Å². The van der Waals surface area contributed by atoms with E-state index in [1.54, 1.807) is 24.4 Å². The third-order valence-corrected chi connectivity index (χ3v) is 4.61. The number of hydrogen-bond donors (Lipinski definition) is 1. The first-order valence-corrected chi connectivity index (χ1v) is 7.64. The zero-order valence-electron chi connectivity index (χ0n) is 13.4. The highest BCUT2D eigenvalue weighted by molar-refractivity contribution is 5.91. The Morgan fingerprint density at radius 1 is 1.26 bits per heavy atom. The largest absolute Gasteiger partial charge is 0.366 e. The fourth-order valence-electron chi connectivity index (χ4n) is 3.32. The monoisotopic (exact) mass is 313 g/mol. The number of H-pyrrole nitrogens is 1. The Morgan fingerprint density at radius 3 is 2.74 bits per heavy atom. The van der Waals surface area contributed by atoms with Crippen LogP contribution in [0.25, 0.3) is 11.0 Å². The minimum Gasteiger partial charge on any atom is -0.366 e. The predicted molar refractivity (Wildman–Crippen MR) is 85.2 cm³/mol. The Kier molecular flexibility index (Phi) is 3.08. The Morgan fingerprint density at radius 2 is 2.09 bits per heavy atom. The SMILES string of the molecule is CCc1c[nH]c2ncnc(N3CC(OC)(c4ncnn4C)C3)c12. The van der Waals surface area contributed by atoms with E-state index in [0.717, 1.165) is 29.1 Å². The molecule has 4 heterocycles. The van der Waals surface area contributed by atoms with E-state index < -0.39 is 5.60 Å². The van der Waals surface area contributed by atoms with E-state index in [2.05, 4.69) is 36.9 Å². The smallest absolute Gasteiger partial charge is 0.162 e. The van der Waals surface area contributed by atoms with Gasteiger partial charge in [-0.15, -0.1) is 0 Å². The highest BCUT2D eigenvalue weighted by Crippen LogP contribution is 2.39. The number of aryl methyl sites for hydroxylation is 2. The summed E-state index contributed by atoms with van der Waals surface area (Å²) in [4.78, 5) is 18.6. The van der Waals surface area contributed by atoms with Gasteiger partial charge in [0, 0.05) is 20.4 Å². The lowest BCUT2D eigenvalue weighted by Gasteiger charge is -2.48. The van der Waals surface area contributed by atoms with Gasteiger partial charge in [-0.3, -0.25) is 4.68 Å². The summed E-state index contributed by atoms with van der Waals surface area (Å²) in [5.41, 5.74) is 1.66. The highest BCUT2D eigenvalue weighted by Gasteiger charge is 2.49. The molecule has 0 atom stereocenters. The van der Waals surface area contributed by atoms with Crippen LogP contribution in [0.1, 0.15) is 18.3 Å². The van der Waals surface area contributed by atoms with Crippen molar-refractivity contribution < 1.29 is 4.74 Å². The first-order chi connectivity index (χ1) is 11.2. The van der Waals surface area contributed by atoms with Crippen LogP contribution in [-0.2, 0) is 23.8 Å². The molecule has 1 aliphatic rings. The van der Waals surface area contributed by atoms with E-state index in [0.29, 0.717) is 13.1 Å². The second-order valence-corrected chi connectivity index (χ2v) is 5.85. The summed E-state index contributed by atoms with van der Waals surface area (Å²) in [5, 5.41) is 5.25. The second kappa shape index (κ2) is 5.02. The Bertz CT molecular complexity index is 847. The number of fused-ring (bicyclic) bond motifs is 1. The lowest BCUT2D eigenvalue weighted by molar-refractivity contribution is -0.0481. The summed E-state index contributed by atoms with van der Waals surface area (Å²) in [6.07, 6.45) is 6.10. The van der Waals surface area contributed by atoms with Gasteiger partial charge in [-0.2, -0.15) is 5.10 Å². The van der Waals surface area contributed by atoms with Gasteiger partial charge >= 0.3 is 0 Å². The lowest BCUT2D eigenvalue weighted by atomic mass is 9.92. The van der Waals surface area contributed by atoms with Crippen molar-refractivity contribution in [3.8, 4) is 0 Å². The second-order valence-electron chi connectivity index (χ2n) is 5.85. The summed E-state index contributed by atoms with van der Waals surface area (Å²) >= 11 is 0. The van der Waals surface area contributed by atoms with E-state index in [9.17, 15) is 0 Å². The normalized spacial score (nSPS) is 16.7. The molecule has 3 aromatic rings. The minimum absolute atomic E-state index is 0.439. The molecule has 1 N–H and O–H groups in total. The van der Waals surface area contributed by atoms with Crippen molar-refractivity contribution in [3.05, 3.63) is 30.2 Å². The molecule has 1 fully saturated rings. The first-order valence-electron chi connectivity index (χ1n) is 7.64. The number of methoxy groups -OCH3 is 1. The maximum Gasteiger partial charge on any atom is 0.162 e. The number of aromatic nitrogens is 6. The highest BCUT2D eigenvalue weighted by atomic mass is 16.5. The van der Waals surface area contributed by atoms with Crippen LogP contribution >= 0.6 is 0 Å². The molecule has 3 aromatic heterocycles. The topological polar surface area (TPSA) is 84.8 Å². The fraction of sp³-hybridized carbons (Fsp3) is 0.467. The van der Waals surface area contributed by atoms with Crippen LogP contribution < -0.4 is 4.90 Å². The summed E-state index contributed by atoms with van der Waals surface area (Å²) in [6, 6.07) is 0. The molecule has 0 spiro atoms. The minimum atomic E-state index is -0.439. The molecular formula is C15H19N7O. The van der Waals surface area contributed by atoms with E-state index in [1.165, 1.54) is 5.56 Å². The van der Waals surface area contributed by atoms with Crippen molar-refractivity contribution in [3.63, 3.8) is 0 Å². The maximum absolute atomic E-state index is 5.78. The molecule has 0 saturated carbocycles. The van der Waals surface area contributed by atoms with Gasteiger partial charge < -0.3 is 14.6 Å². The maximum atomic E-state index is 5.78. The van der Waals surface area contributed by atoms with Crippen LogP contribution in [0, 0.1) is 0 Å². The number of hydrogen-bond acceptors (Lipinski definition) is 6. The molecule has 0 radical (unpaired) electrons. The van der Waals surface area contributed by atoms with E-state index in [1.807, 2.05) is 13.2 Å². The number of nitrogens with one attached hydrogen (secondary N) is 1. The lowest BCUT2D eigenvalue weighted by Crippen LogP contribution is -2.62. The molecule has 8 nitrogen and oxygen atoms in total.